The first-order valence-electron chi connectivity index (χ1n) is 4.29. The summed E-state index contributed by atoms with van der Waals surface area (Å²) in [5.41, 5.74) is 10.3. The number of benzene rings is 1. The number of fused-ring (bicyclic) bond motifs is 1. The number of nitrogens with zero attached hydrogens (tertiary/aromatic N) is 2. The van der Waals surface area contributed by atoms with Crippen LogP contribution in [0.25, 0.3) is 11.0 Å². The molecule has 0 amide bonds. The van der Waals surface area contributed by atoms with E-state index in [2.05, 4.69) is 31.0 Å². The molecule has 0 aliphatic heterocycles. The minimum Gasteiger partial charge on any atom is -0.369 e. The van der Waals surface area contributed by atoms with Gasteiger partial charge in [-0.1, -0.05) is 6.07 Å². The second-order valence-electron chi connectivity index (χ2n) is 3.40. The number of nitrogen functional groups attached to an aromatic ring is 1. The van der Waals surface area contributed by atoms with E-state index in [-0.39, 0.29) is 0 Å². The fourth-order valence-electron chi connectivity index (χ4n) is 1.51. The maximum Gasteiger partial charge on any atom is 0.200 e. The van der Waals surface area contributed by atoms with Crippen LogP contribution >= 0.6 is 0 Å². The summed E-state index contributed by atoms with van der Waals surface area (Å²) < 4.78 is 1.90. The van der Waals surface area contributed by atoms with Crippen molar-refractivity contribution < 1.29 is 0 Å². The molecule has 1 aromatic heterocycles. The number of nitrogens with two attached hydrogens (primary N) is 1. The summed E-state index contributed by atoms with van der Waals surface area (Å²) in [5.74, 6) is 0.573. The van der Waals surface area contributed by atoms with Crippen molar-refractivity contribution >= 4 is 17.0 Å². The smallest absolute Gasteiger partial charge is 0.200 e. The summed E-state index contributed by atoms with van der Waals surface area (Å²) in [6.07, 6.45) is 0. The van der Waals surface area contributed by atoms with Crippen molar-refractivity contribution in [3.63, 3.8) is 0 Å². The monoisotopic (exact) mass is 175 g/mol. The van der Waals surface area contributed by atoms with Gasteiger partial charge in [-0.15, -0.1) is 0 Å². The van der Waals surface area contributed by atoms with Crippen molar-refractivity contribution in [3.05, 3.63) is 23.3 Å². The minimum absolute atomic E-state index is 0.573. The maximum atomic E-state index is 5.72. The molecule has 0 bridgehead atoms. The van der Waals surface area contributed by atoms with Crippen LogP contribution < -0.4 is 5.73 Å². The van der Waals surface area contributed by atoms with E-state index in [9.17, 15) is 0 Å². The van der Waals surface area contributed by atoms with Gasteiger partial charge in [-0.3, -0.25) is 0 Å². The highest BCUT2D eigenvalue weighted by atomic mass is 15.1. The Balaban J connectivity index is 2.94. The highest BCUT2D eigenvalue weighted by Crippen LogP contribution is 2.21. The number of imidazole rings is 1. The third-order valence-electron chi connectivity index (χ3n) is 2.61. The highest BCUT2D eigenvalue weighted by Gasteiger charge is 2.07. The normalized spacial score (nSPS) is 11.0. The molecule has 3 heteroatoms. The van der Waals surface area contributed by atoms with Crippen LogP contribution in [-0.4, -0.2) is 9.55 Å². The third-order valence-corrected chi connectivity index (χ3v) is 2.61. The Hall–Kier alpha value is -1.51. The molecule has 0 saturated carbocycles. The SMILES string of the molecule is Cc1ccc2c(nc(N)n2C)c1C. The molecule has 2 aromatic rings. The first-order chi connectivity index (χ1) is 6.11. The third kappa shape index (κ3) is 1.00. The van der Waals surface area contributed by atoms with E-state index in [0.717, 1.165) is 11.0 Å². The van der Waals surface area contributed by atoms with E-state index in [1.165, 1.54) is 11.1 Å². The quantitative estimate of drug-likeness (QED) is 0.663. The number of anilines is 1. The van der Waals surface area contributed by atoms with Crippen molar-refractivity contribution in [3.8, 4) is 0 Å². The van der Waals surface area contributed by atoms with Crippen molar-refractivity contribution in [1.82, 2.24) is 9.55 Å². The molecule has 0 radical (unpaired) electrons. The van der Waals surface area contributed by atoms with Gasteiger partial charge in [-0.05, 0) is 31.0 Å². The van der Waals surface area contributed by atoms with E-state index in [4.69, 9.17) is 5.73 Å². The van der Waals surface area contributed by atoms with Crippen LogP contribution in [0.1, 0.15) is 11.1 Å². The molecule has 0 saturated heterocycles. The summed E-state index contributed by atoms with van der Waals surface area (Å²) in [4.78, 5) is 4.31. The molecule has 68 valence electrons. The second kappa shape index (κ2) is 2.49. The zero-order chi connectivity index (χ0) is 9.59. The molecule has 0 spiro atoms. The van der Waals surface area contributed by atoms with E-state index in [1.807, 2.05) is 11.6 Å². The van der Waals surface area contributed by atoms with Crippen molar-refractivity contribution in [2.24, 2.45) is 7.05 Å². The van der Waals surface area contributed by atoms with Crippen LogP contribution in [0.2, 0.25) is 0 Å². The number of aryl methyl sites for hydroxylation is 3. The molecule has 1 heterocycles. The van der Waals surface area contributed by atoms with Crippen molar-refractivity contribution in [2.75, 3.05) is 5.73 Å². The van der Waals surface area contributed by atoms with E-state index in [0.29, 0.717) is 5.95 Å². The Morgan fingerprint density at radius 1 is 1.31 bits per heavy atom. The lowest BCUT2D eigenvalue weighted by Gasteiger charge is -2.00. The summed E-state index contributed by atoms with van der Waals surface area (Å²) >= 11 is 0. The highest BCUT2D eigenvalue weighted by molar-refractivity contribution is 5.82. The topological polar surface area (TPSA) is 43.8 Å². The number of aromatic nitrogens is 2. The molecule has 13 heavy (non-hydrogen) atoms. The average Bonchev–Trinajstić information content (AvgIpc) is 2.38. The Bertz CT molecular complexity index is 468. The van der Waals surface area contributed by atoms with Gasteiger partial charge in [0.05, 0.1) is 11.0 Å². The van der Waals surface area contributed by atoms with Crippen LogP contribution in [0.5, 0.6) is 0 Å². The Kier molecular flexibility index (Phi) is 1.55. The van der Waals surface area contributed by atoms with Crippen LogP contribution in [0, 0.1) is 13.8 Å². The molecule has 0 atom stereocenters. The van der Waals surface area contributed by atoms with Gasteiger partial charge >= 0.3 is 0 Å². The van der Waals surface area contributed by atoms with Crippen LogP contribution in [0.4, 0.5) is 5.95 Å². The Morgan fingerprint density at radius 3 is 2.69 bits per heavy atom. The molecule has 0 aliphatic rings. The summed E-state index contributed by atoms with van der Waals surface area (Å²) in [6.45, 7) is 4.16. The standard InChI is InChI=1S/C10H13N3/c1-6-4-5-8-9(7(6)2)12-10(11)13(8)3/h4-5H,1-3H3,(H2,11,12). The van der Waals surface area contributed by atoms with E-state index >= 15 is 0 Å². The lowest BCUT2D eigenvalue weighted by Crippen LogP contribution is -1.95. The van der Waals surface area contributed by atoms with Gasteiger partial charge in [0.25, 0.3) is 0 Å². The number of rotatable bonds is 0. The largest absolute Gasteiger partial charge is 0.369 e. The van der Waals surface area contributed by atoms with E-state index < -0.39 is 0 Å². The first kappa shape index (κ1) is 8.10. The molecular weight excluding hydrogens is 162 g/mol. The summed E-state index contributed by atoms with van der Waals surface area (Å²) in [6, 6.07) is 4.15. The minimum atomic E-state index is 0.573. The Morgan fingerprint density at radius 2 is 2.00 bits per heavy atom. The second-order valence-corrected chi connectivity index (χ2v) is 3.40. The van der Waals surface area contributed by atoms with Gasteiger partial charge in [0.1, 0.15) is 0 Å². The van der Waals surface area contributed by atoms with E-state index in [1.54, 1.807) is 0 Å². The molecule has 0 fully saturated rings. The van der Waals surface area contributed by atoms with Gasteiger partial charge < -0.3 is 10.3 Å². The van der Waals surface area contributed by atoms with Gasteiger partial charge in [0.15, 0.2) is 0 Å². The van der Waals surface area contributed by atoms with Gasteiger partial charge in [-0.25, -0.2) is 4.98 Å². The van der Waals surface area contributed by atoms with Gasteiger partial charge in [0.2, 0.25) is 5.95 Å². The molecular formula is C10H13N3. The van der Waals surface area contributed by atoms with Crippen LogP contribution in [0.3, 0.4) is 0 Å². The number of hydrogen-bond acceptors (Lipinski definition) is 2. The molecule has 0 aliphatic carbocycles. The van der Waals surface area contributed by atoms with Crippen molar-refractivity contribution in [1.29, 1.82) is 0 Å². The molecule has 0 unspecified atom stereocenters. The predicted octanol–water partition coefficient (Wildman–Crippen LogP) is 1.77. The van der Waals surface area contributed by atoms with Crippen LogP contribution in [-0.2, 0) is 7.05 Å². The lowest BCUT2D eigenvalue weighted by atomic mass is 10.1. The fraction of sp³-hybridized carbons (Fsp3) is 0.300. The Labute approximate surface area is 77.2 Å². The molecule has 1 aromatic carbocycles. The van der Waals surface area contributed by atoms with Gasteiger partial charge in [-0.2, -0.15) is 0 Å². The van der Waals surface area contributed by atoms with Crippen LogP contribution in [0.15, 0.2) is 12.1 Å². The maximum absolute atomic E-state index is 5.72. The zero-order valence-corrected chi connectivity index (χ0v) is 8.13. The zero-order valence-electron chi connectivity index (χ0n) is 8.13. The summed E-state index contributed by atoms with van der Waals surface area (Å²) in [5, 5.41) is 0. The lowest BCUT2D eigenvalue weighted by molar-refractivity contribution is 0.965. The molecule has 2 rings (SSSR count). The predicted molar refractivity (Wildman–Crippen MR) is 54.6 cm³/mol. The summed E-state index contributed by atoms with van der Waals surface area (Å²) in [7, 11) is 1.93. The number of hydrogen-bond donors (Lipinski definition) is 1. The fourth-order valence-corrected chi connectivity index (χ4v) is 1.51. The molecule has 3 nitrogen and oxygen atoms in total. The van der Waals surface area contributed by atoms with Gasteiger partial charge in [0, 0.05) is 7.05 Å². The van der Waals surface area contributed by atoms with Crippen molar-refractivity contribution in [2.45, 2.75) is 13.8 Å². The first-order valence-corrected chi connectivity index (χ1v) is 4.29. The average molecular weight is 175 g/mol. The molecule has 2 N–H and O–H groups in total.